The zero-order valence-corrected chi connectivity index (χ0v) is 10.8. The summed E-state index contributed by atoms with van der Waals surface area (Å²) in [5, 5.41) is 13.5. The Bertz CT molecular complexity index is 834. The van der Waals surface area contributed by atoms with Crippen molar-refractivity contribution in [3.05, 3.63) is 60.2 Å². The molecule has 21 heavy (non-hydrogen) atoms. The molecule has 0 aliphatic heterocycles. The van der Waals surface area contributed by atoms with Crippen LogP contribution in [-0.4, -0.2) is 27.0 Å². The number of amides is 1. The Morgan fingerprint density at radius 3 is 2.67 bits per heavy atom. The van der Waals surface area contributed by atoms with E-state index in [1.165, 1.54) is 6.33 Å². The van der Waals surface area contributed by atoms with Crippen LogP contribution in [0.15, 0.2) is 48.8 Å². The number of aromatic carboxylic acids is 1. The largest absolute Gasteiger partial charge is 0.477 e. The number of carbonyl (C=O) groups excluding carboxylic acids is 1. The van der Waals surface area contributed by atoms with E-state index >= 15 is 0 Å². The molecule has 6 nitrogen and oxygen atoms in total. The second-order valence-electron chi connectivity index (χ2n) is 4.41. The van der Waals surface area contributed by atoms with Gasteiger partial charge in [0.1, 0.15) is 0 Å². The molecule has 0 aliphatic rings. The summed E-state index contributed by atoms with van der Waals surface area (Å²) in [6.45, 7) is 0. The maximum atomic E-state index is 12.2. The van der Waals surface area contributed by atoms with Crippen LogP contribution in [-0.2, 0) is 0 Å². The minimum absolute atomic E-state index is 0.143. The average Bonchev–Trinajstić information content (AvgIpc) is 2.97. The number of fused-ring (bicyclic) bond motifs is 1. The highest BCUT2D eigenvalue weighted by molar-refractivity contribution is 6.11. The Hall–Kier alpha value is -3.15. The van der Waals surface area contributed by atoms with Crippen LogP contribution < -0.4 is 5.32 Å². The molecule has 1 amide bonds. The number of H-pyrrole nitrogens is 1. The highest BCUT2D eigenvalue weighted by Crippen LogP contribution is 2.23. The lowest BCUT2D eigenvalue weighted by atomic mass is 10.1. The number of rotatable bonds is 3. The molecule has 0 radical (unpaired) electrons. The first-order valence-electron chi connectivity index (χ1n) is 6.22. The number of hydrogen-bond donors (Lipinski definition) is 3. The third-order valence-corrected chi connectivity index (χ3v) is 3.11. The zero-order valence-electron chi connectivity index (χ0n) is 10.8. The minimum atomic E-state index is -1.23. The average molecular weight is 281 g/mol. The van der Waals surface area contributed by atoms with Crippen molar-refractivity contribution in [3.8, 4) is 0 Å². The monoisotopic (exact) mass is 281 g/mol. The molecular weight excluding hydrogens is 270 g/mol. The van der Waals surface area contributed by atoms with Crippen molar-refractivity contribution >= 4 is 28.3 Å². The molecule has 6 heteroatoms. The van der Waals surface area contributed by atoms with Gasteiger partial charge in [-0.1, -0.05) is 36.4 Å². The van der Waals surface area contributed by atoms with E-state index in [0.717, 1.165) is 10.8 Å². The van der Waals surface area contributed by atoms with Gasteiger partial charge in [0.15, 0.2) is 11.4 Å². The molecule has 0 unspecified atom stereocenters. The van der Waals surface area contributed by atoms with Crippen LogP contribution in [0.5, 0.6) is 0 Å². The van der Waals surface area contributed by atoms with Gasteiger partial charge in [-0.3, -0.25) is 4.79 Å². The van der Waals surface area contributed by atoms with Crippen LogP contribution in [0.3, 0.4) is 0 Å². The Labute approximate surface area is 119 Å². The lowest BCUT2D eigenvalue weighted by Gasteiger charge is -2.07. The highest BCUT2D eigenvalue weighted by Gasteiger charge is 2.20. The van der Waals surface area contributed by atoms with Crippen molar-refractivity contribution in [2.75, 3.05) is 5.32 Å². The number of aromatic nitrogens is 2. The van der Waals surface area contributed by atoms with Gasteiger partial charge >= 0.3 is 5.97 Å². The van der Waals surface area contributed by atoms with Gasteiger partial charge < -0.3 is 15.4 Å². The number of carbonyl (C=O) groups is 2. The van der Waals surface area contributed by atoms with E-state index in [0.29, 0.717) is 5.69 Å². The lowest BCUT2D eigenvalue weighted by Crippen LogP contribution is -2.16. The van der Waals surface area contributed by atoms with Crippen LogP contribution in [0, 0.1) is 0 Å². The maximum absolute atomic E-state index is 12.2. The van der Waals surface area contributed by atoms with E-state index in [-0.39, 0.29) is 11.4 Å². The molecular formula is C15H11N3O3. The van der Waals surface area contributed by atoms with Crippen molar-refractivity contribution in [2.24, 2.45) is 0 Å². The molecule has 104 valence electrons. The van der Waals surface area contributed by atoms with Gasteiger partial charge in [-0.15, -0.1) is 0 Å². The van der Waals surface area contributed by atoms with Gasteiger partial charge in [-0.05, 0) is 11.5 Å². The number of benzene rings is 2. The smallest absolute Gasteiger partial charge is 0.354 e. The van der Waals surface area contributed by atoms with E-state index in [4.69, 9.17) is 5.11 Å². The fraction of sp³-hybridized carbons (Fsp3) is 0. The summed E-state index contributed by atoms with van der Waals surface area (Å²) in [4.78, 5) is 29.4. The predicted octanol–water partition coefficient (Wildman–Crippen LogP) is 2.51. The van der Waals surface area contributed by atoms with E-state index in [9.17, 15) is 9.59 Å². The standard InChI is InChI=1S/C15H11N3O3/c19-14(12-13(15(20)21)17-8-16-12)18-11-7-3-5-9-4-1-2-6-10(9)11/h1-8H,(H,16,17)(H,18,19)(H,20,21). The molecule has 0 aliphatic carbocycles. The quantitative estimate of drug-likeness (QED) is 0.687. The molecule has 3 aromatic rings. The molecule has 0 spiro atoms. The first-order valence-corrected chi connectivity index (χ1v) is 6.22. The molecule has 0 fully saturated rings. The van der Waals surface area contributed by atoms with Crippen LogP contribution >= 0.6 is 0 Å². The fourth-order valence-corrected chi connectivity index (χ4v) is 2.15. The van der Waals surface area contributed by atoms with E-state index in [2.05, 4.69) is 15.3 Å². The number of carboxylic acid groups (broad SMARTS) is 1. The molecule has 3 rings (SSSR count). The predicted molar refractivity (Wildman–Crippen MR) is 77.4 cm³/mol. The number of imidazole rings is 1. The van der Waals surface area contributed by atoms with Crippen molar-refractivity contribution in [2.45, 2.75) is 0 Å². The first kappa shape index (κ1) is 12.9. The van der Waals surface area contributed by atoms with Crippen molar-refractivity contribution in [1.82, 2.24) is 9.97 Å². The number of anilines is 1. The highest BCUT2D eigenvalue weighted by atomic mass is 16.4. The number of nitrogens with zero attached hydrogens (tertiary/aromatic N) is 1. The van der Waals surface area contributed by atoms with E-state index < -0.39 is 11.9 Å². The lowest BCUT2D eigenvalue weighted by molar-refractivity contribution is 0.0686. The maximum Gasteiger partial charge on any atom is 0.354 e. The Morgan fingerprint density at radius 2 is 1.86 bits per heavy atom. The number of carboxylic acids is 1. The number of nitrogens with one attached hydrogen (secondary N) is 2. The van der Waals surface area contributed by atoms with Crippen molar-refractivity contribution < 1.29 is 14.7 Å². The van der Waals surface area contributed by atoms with E-state index in [1.807, 2.05) is 36.4 Å². The van der Waals surface area contributed by atoms with Gasteiger partial charge in [-0.25, -0.2) is 9.78 Å². The van der Waals surface area contributed by atoms with Crippen LogP contribution in [0.2, 0.25) is 0 Å². The van der Waals surface area contributed by atoms with Crippen LogP contribution in [0.25, 0.3) is 10.8 Å². The molecule has 1 heterocycles. The first-order chi connectivity index (χ1) is 10.2. The Balaban J connectivity index is 1.97. The Kier molecular flexibility index (Phi) is 3.12. The molecule has 0 saturated heterocycles. The van der Waals surface area contributed by atoms with Crippen molar-refractivity contribution in [3.63, 3.8) is 0 Å². The molecule has 0 saturated carbocycles. The number of aromatic amines is 1. The fourth-order valence-electron chi connectivity index (χ4n) is 2.15. The topological polar surface area (TPSA) is 95.1 Å². The molecule has 3 N–H and O–H groups in total. The second-order valence-corrected chi connectivity index (χ2v) is 4.41. The summed E-state index contributed by atoms with van der Waals surface area (Å²) in [6, 6.07) is 13.1. The normalized spacial score (nSPS) is 10.5. The third-order valence-electron chi connectivity index (χ3n) is 3.11. The van der Waals surface area contributed by atoms with Gasteiger partial charge in [0.05, 0.1) is 6.33 Å². The summed E-state index contributed by atoms with van der Waals surface area (Å²) in [6.07, 6.45) is 1.18. The van der Waals surface area contributed by atoms with Gasteiger partial charge in [-0.2, -0.15) is 0 Å². The molecule has 0 atom stereocenters. The summed E-state index contributed by atoms with van der Waals surface area (Å²) in [5.74, 6) is -1.79. The molecule has 2 aromatic carbocycles. The summed E-state index contributed by atoms with van der Waals surface area (Å²) in [5.41, 5.74) is 0.237. The van der Waals surface area contributed by atoms with Gasteiger partial charge in [0.2, 0.25) is 0 Å². The third kappa shape index (κ3) is 2.34. The van der Waals surface area contributed by atoms with Crippen molar-refractivity contribution in [1.29, 1.82) is 0 Å². The van der Waals surface area contributed by atoms with Crippen LogP contribution in [0.4, 0.5) is 5.69 Å². The summed E-state index contributed by atoms with van der Waals surface area (Å²) < 4.78 is 0. The SMILES string of the molecule is O=C(Nc1cccc2ccccc12)c1nc[nH]c1C(=O)O. The molecule has 1 aromatic heterocycles. The minimum Gasteiger partial charge on any atom is -0.477 e. The Morgan fingerprint density at radius 1 is 1.10 bits per heavy atom. The summed E-state index contributed by atoms with van der Waals surface area (Å²) >= 11 is 0. The summed E-state index contributed by atoms with van der Waals surface area (Å²) in [7, 11) is 0. The molecule has 0 bridgehead atoms. The second kappa shape index (κ2) is 5.09. The van der Waals surface area contributed by atoms with Gasteiger partial charge in [0.25, 0.3) is 5.91 Å². The van der Waals surface area contributed by atoms with E-state index in [1.54, 1.807) is 6.07 Å². The van der Waals surface area contributed by atoms with Gasteiger partial charge in [0, 0.05) is 11.1 Å². The van der Waals surface area contributed by atoms with Crippen LogP contribution in [0.1, 0.15) is 21.0 Å². The number of hydrogen-bond acceptors (Lipinski definition) is 3. The zero-order chi connectivity index (χ0) is 14.8.